The lowest BCUT2D eigenvalue weighted by Crippen LogP contribution is -2.37. The third kappa shape index (κ3) is 5.56. The number of hydrogen-bond acceptors (Lipinski definition) is 6. The molecule has 1 aliphatic rings. The van der Waals surface area contributed by atoms with Crippen LogP contribution in [0.4, 0.5) is 0 Å². The molecule has 1 aromatic heterocycles. The first-order valence-corrected chi connectivity index (χ1v) is 13.0. The van der Waals surface area contributed by atoms with Crippen molar-refractivity contribution in [3.63, 3.8) is 0 Å². The van der Waals surface area contributed by atoms with E-state index in [0.29, 0.717) is 30.0 Å². The van der Waals surface area contributed by atoms with Crippen LogP contribution in [0.25, 0.3) is 0 Å². The summed E-state index contributed by atoms with van der Waals surface area (Å²) in [5, 5.41) is 2.02. The summed E-state index contributed by atoms with van der Waals surface area (Å²) in [6.07, 6.45) is 3.40. The minimum Gasteiger partial charge on any atom is -0.294 e. The van der Waals surface area contributed by atoms with Gasteiger partial charge in [-0.3, -0.25) is 9.59 Å². The molecule has 1 aliphatic heterocycles. The summed E-state index contributed by atoms with van der Waals surface area (Å²) in [5.41, 5.74) is 3.18. The fraction of sp³-hybridized carbons (Fsp3) is 0.292. The monoisotopic (exact) mass is 468 g/mol. The van der Waals surface area contributed by atoms with E-state index in [9.17, 15) is 18.0 Å². The van der Waals surface area contributed by atoms with Crippen LogP contribution in [-0.2, 0) is 23.0 Å². The summed E-state index contributed by atoms with van der Waals surface area (Å²) < 4.78 is 26.4. The van der Waals surface area contributed by atoms with E-state index in [4.69, 9.17) is 0 Å². The van der Waals surface area contributed by atoms with Gasteiger partial charge in [0.25, 0.3) is 0 Å². The van der Waals surface area contributed by atoms with Gasteiger partial charge in [0.2, 0.25) is 10.0 Å². The number of rotatable bonds is 8. The number of hydrogen-bond donors (Lipinski definition) is 0. The Labute approximate surface area is 192 Å². The van der Waals surface area contributed by atoms with Crippen molar-refractivity contribution in [1.82, 2.24) is 9.29 Å². The van der Waals surface area contributed by atoms with Crippen molar-refractivity contribution >= 4 is 32.9 Å². The zero-order chi connectivity index (χ0) is 22.6. The molecule has 8 heteroatoms. The number of Topliss-reactive ketones (excluding diaryl/α,β-unsaturated/α-hetero) is 2. The maximum Gasteiger partial charge on any atom is 0.214 e. The third-order valence-corrected chi connectivity index (χ3v) is 8.15. The molecule has 166 valence electrons. The van der Waals surface area contributed by atoms with Crippen molar-refractivity contribution in [1.29, 1.82) is 0 Å². The Kier molecular flexibility index (Phi) is 6.93. The zero-order valence-corrected chi connectivity index (χ0v) is 19.2. The van der Waals surface area contributed by atoms with E-state index in [1.165, 1.54) is 15.6 Å². The molecule has 4 rings (SSSR count). The molecule has 0 N–H and O–H groups in total. The molecule has 0 bridgehead atoms. The molecule has 0 unspecified atom stereocenters. The third-order valence-electron chi connectivity index (χ3n) is 5.43. The summed E-state index contributed by atoms with van der Waals surface area (Å²) in [6, 6.07) is 15.4. The van der Waals surface area contributed by atoms with Gasteiger partial charge in [-0.1, -0.05) is 36.4 Å². The average molecular weight is 469 g/mol. The molecule has 32 heavy (non-hydrogen) atoms. The van der Waals surface area contributed by atoms with E-state index < -0.39 is 10.0 Å². The molecule has 0 radical (unpaired) electrons. The van der Waals surface area contributed by atoms with Crippen LogP contribution in [-0.4, -0.2) is 41.6 Å². The molecule has 1 saturated heterocycles. The maximum atomic E-state index is 13.0. The summed E-state index contributed by atoms with van der Waals surface area (Å²) in [5.74, 6) is -0.438. The Hall–Kier alpha value is -2.68. The number of ketones is 2. The Morgan fingerprint density at radius 3 is 2.47 bits per heavy atom. The van der Waals surface area contributed by atoms with Gasteiger partial charge in [-0.05, 0) is 48.1 Å². The van der Waals surface area contributed by atoms with E-state index in [1.54, 1.807) is 23.7 Å². The fourth-order valence-corrected chi connectivity index (χ4v) is 6.01. The number of carbonyl (C=O) groups is 2. The quantitative estimate of drug-likeness (QED) is 0.367. The highest BCUT2D eigenvalue weighted by atomic mass is 32.2. The predicted molar refractivity (Wildman–Crippen MR) is 125 cm³/mol. The molecule has 0 amide bonds. The lowest BCUT2D eigenvalue weighted by atomic mass is 9.96. The fourth-order valence-electron chi connectivity index (χ4n) is 3.86. The minimum absolute atomic E-state index is 0.158. The molecular weight excluding hydrogens is 444 g/mol. The van der Waals surface area contributed by atoms with Crippen LogP contribution in [0.5, 0.6) is 0 Å². The Balaban J connectivity index is 1.62. The van der Waals surface area contributed by atoms with Gasteiger partial charge < -0.3 is 0 Å². The Morgan fingerprint density at radius 1 is 0.969 bits per heavy atom. The van der Waals surface area contributed by atoms with E-state index >= 15 is 0 Å². The first-order valence-electron chi connectivity index (χ1n) is 10.5. The van der Waals surface area contributed by atoms with Gasteiger partial charge in [-0.15, -0.1) is 11.3 Å². The maximum absolute atomic E-state index is 13.0. The summed E-state index contributed by atoms with van der Waals surface area (Å²) in [7, 11) is -3.29. The highest BCUT2D eigenvalue weighted by molar-refractivity contribution is 7.89. The van der Waals surface area contributed by atoms with Crippen LogP contribution in [0.2, 0.25) is 0 Å². The number of carbonyl (C=O) groups excluding carboxylic acids is 2. The highest BCUT2D eigenvalue weighted by Crippen LogP contribution is 2.22. The van der Waals surface area contributed by atoms with Gasteiger partial charge in [0.1, 0.15) is 0 Å². The van der Waals surface area contributed by atoms with Gasteiger partial charge in [0, 0.05) is 30.2 Å². The van der Waals surface area contributed by atoms with E-state index in [2.05, 4.69) is 4.98 Å². The molecule has 0 spiro atoms. The first-order chi connectivity index (χ1) is 15.4. The van der Waals surface area contributed by atoms with Crippen molar-refractivity contribution in [3.8, 4) is 0 Å². The van der Waals surface area contributed by atoms with Crippen LogP contribution in [0.1, 0.15) is 56.1 Å². The van der Waals surface area contributed by atoms with Crippen LogP contribution in [0.15, 0.2) is 60.1 Å². The second-order valence-electron chi connectivity index (χ2n) is 7.92. The lowest BCUT2D eigenvalue weighted by molar-refractivity contribution is 0.0894. The molecular formula is C24H24N2O4S2. The molecule has 3 aromatic rings. The zero-order valence-electron chi connectivity index (χ0n) is 17.6. The van der Waals surface area contributed by atoms with Gasteiger partial charge in [0.15, 0.2) is 16.6 Å². The second-order valence-corrected chi connectivity index (χ2v) is 10.9. The van der Waals surface area contributed by atoms with Crippen LogP contribution < -0.4 is 0 Å². The normalized spacial score (nSPS) is 16.0. The average Bonchev–Trinajstić information content (AvgIpc) is 3.31. The molecule has 1 fully saturated rings. The van der Waals surface area contributed by atoms with Crippen LogP contribution in [0, 0.1) is 0 Å². The summed E-state index contributed by atoms with van der Waals surface area (Å²) in [6.45, 7) is 0.711. The van der Waals surface area contributed by atoms with Crippen LogP contribution >= 0.6 is 11.3 Å². The van der Waals surface area contributed by atoms with Gasteiger partial charge in [-0.25, -0.2) is 13.4 Å². The second kappa shape index (κ2) is 9.85. The molecule has 2 aromatic carbocycles. The van der Waals surface area contributed by atoms with Crippen molar-refractivity contribution in [2.24, 2.45) is 0 Å². The van der Waals surface area contributed by atoms with Gasteiger partial charge in [0.05, 0.1) is 12.2 Å². The number of aromatic nitrogens is 1. The highest BCUT2D eigenvalue weighted by Gasteiger charge is 2.26. The van der Waals surface area contributed by atoms with Crippen molar-refractivity contribution in [2.75, 3.05) is 12.3 Å². The van der Waals surface area contributed by atoms with Crippen molar-refractivity contribution in [3.05, 3.63) is 87.4 Å². The largest absolute Gasteiger partial charge is 0.294 e. The van der Waals surface area contributed by atoms with E-state index in [1.807, 2.05) is 36.4 Å². The molecule has 0 aliphatic carbocycles. The number of sulfonamides is 1. The number of nitrogens with zero attached hydrogens (tertiary/aromatic N) is 2. The molecule has 0 saturated carbocycles. The number of benzene rings is 2. The first kappa shape index (κ1) is 22.5. The SMILES string of the molecule is O=C(CC(=O)c1nccs1)c1cc(Cc2ccccc2)cc(CN2CCCCS2(=O)=O)c1. The van der Waals surface area contributed by atoms with Gasteiger partial charge >= 0.3 is 0 Å². The number of thiazole rings is 1. The molecule has 2 heterocycles. The Bertz CT molecular complexity index is 1210. The van der Waals surface area contributed by atoms with E-state index in [-0.39, 0.29) is 30.3 Å². The smallest absolute Gasteiger partial charge is 0.214 e. The summed E-state index contributed by atoms with van der Waals surface area (Å²) >= 11 is 1.21. The molecule has 6 nitrogen and oxygen atoms in total. The lowest BCUT2D eigenvalue weighted by Gasteiger charge is -2.26. The molecule has 0 atom stereocenters. The van der Waals surface area contributed by atoms with Crippen molar-refractivity contribution < 1.29 is 18.0 Å². The van der Waals surface area contributed by atoms with E-state index in [0.717, 1.165) is 23.1 Å². The van der Waals surface area contributed by atoms with Gasteiger partial charge in [-0.2, -0.15) is 4.31 Å². The predicted octanol–water partition coefficient (Wildman–Crippen LogP) is 4.12. The van der Waals surface area contributed by atoms with Crippen LogP contribution in [0.3, 0.4) is 0 Å². The Morgan fingerprint density at radius 2 is 1.75 bits per heavy atom. The topological polar surface area (TPSA) is 84.4 Å². The van der Waals surface area contributed by atoms with Crippen molar-refractivity contribution in [2.45, 2.75) is 32.2 Å². The minimum atomic E-state index is -3.29. The summed E-state index contributed by atoms with van der Waals surface area (Å²) in [4.78, 5) is 29.3. The standard InChI is InChI=1S/C24H24N2O4S2/c27-22(16-23(28)24-25-8-10-31-24)21-14-19(12-18-6-2-1-3-7-18)13-20(15-21)17-26-9-4-5-11-32(26,29)30/h1-3,6-8,10,13-15H,4-5,9,11-12,16-17H2.